The van der Waals surface area contributed by atoms with Crippen molar-refractivity contribution in [3.63, 3.8) is 0 Å². The van der Waals surface area contributed by atoms with Crippen LogP contribution in [0.3, 0.4) is 0 Å². The molecular formula is C34H59O21+. The minimum Gasteiger partial charge on any atom is -0.427 e. The number of fused-ring (bicyclic) bond motifs is 1. The number of ether oxygens (including phenoxy) is 5. The highest BCUT2D eigenvalue weighted by Crippen LogP contribution is 2.44. The third-order valence-electron chi connectivity index (χ3n) is 12.5. The summed E-state index contributed by atoms with van der Waals surface area (Å²) in [6.45, 7) is -2.03. The van der Waals surface area contributed by atoms with Crippen LogP contribution in [0.4, 0.5) is 0 Å². The van der Waals surface area contributed by atoms with E-state index in [0.29, 0.717) is 6.42 Å². The highest BCUT2D eigenvalue weighted by Gasteiger charge is 2.57. The van der Waals surface area contributed by atoms with E-state index in [1.165, 1.54) is 0 Å². The van der Waals surface area contributed by atoms with E-state index >= 15 is 0 Å². The largest absolute Gasteiger partial charge is 0.427 e. The topological polar surface area (TPSA) is 351 Å². The van der Waals surface area contributed by atoms with Crippen LogP contribution in [0, 0.1) is 17.8 Å². The second kappa shape index (κ2) is 18.6. The number of hydrogen-bond acceptors (Lipinski definition) is 20. The predicted molar refractivity (Wildman–Crippen MR) is 177 cm³/mol. The first-order valence-corrected chi connectivity index (χ1v) is 19.1. The van der Waals surface area contributed by atoms with Gasteiger partial charge in [-0.25, -0.2) is 9.78 Å². The zero-order valence-corrected chi connectivity index (χ0v) is 30.1. The van der Waals surface area contributed by atoms with Gasteiger partial charge >= 0.3 is 0 Å². The van der Waals surface area contributed by atoms with Gasteiger partial charge in [0.15, 0.2) is 24.6 Å². The Labute approximate surface area is 316 Å². The third kappa shape index (κ3) is 9.17. The molecule has 6 rings (SSSR count). The van der Waals surface area contributed by atoms with Gasteiger partial charge in [0.2, 0.25) is 6.29 Å². The lowest BCUT2D eigenvalue weighted by atomic mass is 9.72. The van der Waals surface area contributed by atoms with Crippen LogP contribution in [0.2, 0.25) is 0 Å². The molecule has 21 nitrogen and oxygen atoms in total. The van der Waals surface area contributed by atoms with Gasteiger partial charge in [-0.15, -0.1) is 0 Å². The van der Waals surface area contributed by atoms with Crippen molar-refractivity contribution >= 4 is 0 Å². The maximum atomic E-state index is 11.1. The summed E-state index contributed by atoms with van der Waals surface area (Å²) in [6, 6.07) is 0. The highest BCUT2D eigenvalue weighted by atomic mass is 17.2. The minimum absolute atomic E-state index is 0.0139. The Hall–Kier alpha value is -0.840. The average Bonchev–Trinajstić information content (AvgIpc) is 3.17. The molecule has 6 fully saturated rings. The van der Waals surface area contributed by atoms with Gasteiger partial charge in [0.25, 0.3) is 0 Å². The van der Waals surface area contributed by atoms with Crippen molar-refractivity contribution in [1.82, 2.24) is 0 Å². The van der Waals surface area contributed by atoms with Crippen molar-refractivity contribution in [1.29, 1.82) is 0 Å². The van der Waals surface area contributed by atoms with Gasteiger partial charge in [0.1, 0.15) is 61.0 Å². The minimum atomic E-state index is -1.90. The smallest absolute Gasteiger partial charge is 0.220 e. The van der Waals surface area contributed by atoms with Gasteiger partial charge in [-0.1, -0.05) is 0 Å². The Morgan fingerprint density at radius 1 is 0.509 bits per heavy atom. The first-order chi connectivity index (χ1) is 26.2. The molecule has 6 aliphatic rings. The Balaban J connectivity index is 1.23. The van der Waals surface area contributed by atoms with E-state index in [9.17, 15) is 71.5 Å². The van der Waals surface area contributed by atoms with Crippen molar-refractivity contribution in [3.05, 3.63) is 0 Å². The number of aliphatic hydroxyl groups is 16. The molecule has 3 aliphatic heterocycles. The van der Waals surface area contributed by atoms with Crippen LogP contribution in [0.15, 0.2) is 0 Å². The van der Waals surface area contributed by atoms with Crippen LogP contribution in [0.25, 0.3) is 0 Å². The lowest BCUT2D eigenvalue weighted by Gasteiger charge is -2.49. The molecule has 0 aromatic heterocycles. The SMILES string of the molecule is OC[C@H]1C[C@H](OC2CC(O)CC3[OH+]C(C4CCC(O)C(O)C4)C(OO[C@H]4O[C@@H](CO)[C@H](O)[C@@H](O)[C@@H]4O[C@@H]4O[C@@H](CO)[C@H](O)[C@@H](O)[C@@H]4O)CC23)[C@H](O)[C@@H](O)[C@@H]1O. The summed E-state index contributed by atoms with van der Waals surface area (Å²) in [5.41, 5.74) is 0. The third-order valence-corrected chi connectivity index (χ3v) is 12.5. The Morgan fingerprint density at radius 2 is 1.16 bits per heavy atom. The van der Waals surface area contributed by atoms with Gasteiger partial charge in [-0.3, -0.25) is 0 Å². The van der Waals surface area contributed by atoms with Gasteiger partial charge in [0, 0.05) is 31.3 Å². The van der Waals surface area contributed by atoms with Crippen LogP contribution in [-0.2, 0) is 28.7 Å². The first kappa shape index (κ1) is 43.7. The summed E-state index contributed by atoms with van der Waals surface area (Å²) >= 11 is 0. The molecule has 3 saturated carbocycles. The fourth-order valence-corrected chi connectivity index (χ4v) is 9.16. The second-order valence-corrected chi connectivity index (χ2v) is 16.0. The fraction of sp³-hybridized carbons (Fsp3) is 1.00. The van der Waals surface area contributed by atoms with Crippen molar-refractivity contribution in [2.75, 3.05) is 19.8 Å². The van der Waals surface area contributed by atoms with Crippen molar-refractivity contribution in [3.8, 4) is 0 Å². The van der Waals surface area contributed by atoms with Crippen molar-refractivity contribution in [2.24, 2.45) is 17.8 Å². The van der Waals surface area contributed by atoms with Crippen molar-refractivity contribution in [2.45, 2.75) is 174 Å². The molecule has 3 heterocycles. The van der Waals surface area contributed by atoms with Crippen LogP contribution < -0.4 is 0 Å². The van der Waals surface area contributed by atoms with Gasteiger partial charge in [-0.05, 0) is 32.1 Å². The molecule has 21 heteroatoms. The Kier molecular flexibility index (Phi) is 14.8. The van der Waals surface area contributed by atoms with Crippen LogP contribution in [0.1, 0.15) is 44.9 Å². The lowest BCUT2D eigenvalue weighted by Crippen LogP contribution is -2.65. The van der Waals surface area contributed by atoms with E-state index in [1.807, 2.05) is 0 Å². The second-order valence-electron chi connectivity index (χ2n) is 16.0. The summed E-state index contributed by atoms with van der Waals surface area (Å²) in [4.78, 5) is 11.8. The zero-order chi connectivity index (χ0) is 39.9. The van der Waals surface area contributed by atoms with Gasteiger partial charge in [-0.2, -0.15) is 0 Å². The Bertz CT molecular complexity index is 1200. The summed E-state index contributed by atoms with van der Waals surface area (Å²) in [5, 5.41) is 146. The molecule has 0 bridgehead atoms. The van der Waals surface area contributed by atoms with Crippen LogP contribution in [0.5, 0.6) is 0 Å². The predicted octanol–water partition coefficient (Wildman–Crippen LogP) is -7.26. The highest BCUT2D eigenvalue weighted by molar-refractivity contribution is 5.00. The van der Waals surface area contributed by atoms with E-state index in [0.717, 1.165) is 0 Å². The molecule has 3 aliphatic carbocycles. The van der Waals surface area contributed by atoms with E-state index in [1.54, 1.807) is 0 Å². The van der Waals surface area contributed by atoms with E-state index < -0.39 is 160 Å². The van der Waals surface area contributed by atoms with E-state index in [4.69, 9.17) is 33.5 Å². The lowest BCUT2D eigenvalue weighted by molar-refractivity contribution is -0.472. The molecular weight excluding hydrogens is 744 g/mol. The first-order valence-electron chi connectivity index (χ1n) is 19.1. The molecule has 0 aromatic carbocycles. The fourth-order valence-electron chi connectivity index (χ4n) is 9.16. The molecule has 55 heavy (non-hydrogen) atoms. The van der Waals surface area contributed by atoms with E-state index in [-0.39, 0.29) is 44.4 Å². The molecule has 0 aromatic rings. The molecule has 320 valence electrons. The van der Waals surface area contributed by atoms with Gasteiger partial charge < -0.3 is 95.2 Å². The number of hydrogen-bond donors (Lipinski definition) is 14. The summed E-state index contributed by atoms with van der Waals surface area (Å²) < 4.78 is 28.3. The molecule has 24 atom stereocenters. The summed E-state index contributed by atoms with van der Waals surface area (Å²) in [5.74, 6) is -1.61. The summed E-state index contributed by atoms with van der Waals surface area (Å²) in [6.07, 6.45) is -27.1. The zero-order valence-electron chi connectivity index (χ0n) is 30.1. The Morgan fingerprint density at radius 3 is 1.82 bits per heavy atom. The average molecular weight is 804 g/mol. The number of aliphatic hydroxyl groups excluding tert-OH is 14. The van der Waals surface area contributed by atoms with Crippen LogP contribution >= 0.6 is 0 Å². The quantitative estimate of drug-likeness (QED) is 0.0524. The standard InChI is InChI=1S/C34H58O21/c35-8-12-4-19(24(42)27(45)23(12)41)49-17-5-13(38)6-18-14(17)7-20(31(50-18)11-1-2-15(39)16(40)3-11)54-55-34-32(29(47)26(44)22(10-37)52-34)53-33-30(48)28(46)25(43)21(9-36)51-33/h11-48H,1-10H2/p+1/t11?,12-,13?,14?,15?,16?,17?,18?,19+,20?,21+,22+,23-,24+,25+,26+,27+,28-,29-,30+,31?,32+,33+,34-/m1/s1. The van der Waals surface area contributed by atoms with Crippen LogP contribution in [-0.4, -0.2) is 225 Å². The molecule has 15 N–H and O–H groups in total. The molecule has 0 radical (unpaired) electrons. The van der Waals surface area contributed by atoms with Crippen molar-refractivity contribution < 1.29 is 105 Å². The number of rotatable bonds is 11. The molecule has 9 unspecified atom stereocenters. The molecule has 0 spiro atoms. The monoisotopic (exact) mass is 803 g/mol. The molecule has 0 amide bonds. The molecule has 3 saturated heterocycles. The van der Waals surface area contributed by atoms with E-state index in [2.05, 4.69) is 0 Å². The normalized spacial score (nSPS) is 53.8. The maximum Gasteiger partial charge on any atom is 0.220 e. The maximum absolute atomic E-state index is 11.1. The summed E-state index contributed by atoms with van der Waals surface area (Å²) in [7, 11) is 0. The van der Waals surface area contributed by atoms with Gasteiger partial charge in [0.05, 0.1) is 55.8 Å².